The number of halogens is 3. The fourth-order valence-electron chi connectivity index (χ4n) is 4.40. The summed E-state index contributed by atoms with van der Waals surface area (Å²) in [5.41, 5.74) is 0.913. The van der Waals surface area contributed by atoms with Gasteiger partial charge in [-0.05, 0) is 44.1 Å². The zero-order chi connectivity index (χ0) is 20.1. The molecule has 2 aliphatic rings. The average molecular weight is 397 g/mol. The third-order valence-electron chi connectivity index (χ3n) is 5.73. The first-order chi connectivity index (χ1) is 13.3. The van der Waals surface area contributed by atoms with E-state index in [0.29, 0.717) is 12.8 Å². The van der Waals surface area contributed by atoms with Crippen LogP contribution in [0.15, 0.2) is 30.3 Å². The number of ether oxygens (including phenoxy) is 1. The summed E-state index contributed by atoms with van der Waals surface area (Å²) < 4.78 is 42.4. The smallest absolute Gasteiger partial charge is 0.410 e. The average Bonchev–Trinajstić information content (AvgIpc) is 2.64. The van der Waals surface area contributed by atoms with E-state index in [1.807, 2.05) is 30.3 Å². The highest BCUT2D eigenvalue weighted by atomic mass is 19.4. The maximum Gasteiger partial charge on any atom is 0.410 e. The molecule has 2 fully saturated rings. The number of carbonyl (C=O) groups excluding carboxylic acids is 2. The highest BCUT2D eigenvalue weighted by Gasteiger charge is 2.43. The molecular formula is C21H26F3NO3. The molecule has 0 N–H and O–H groups in total. The number of amides is 1. The van der Waals surface area contributed by atoms with Crippen molar-refractivity contribution in [2.75, 3.05) is 0 Å². The number of piperidine rings is 2. The summed E-state index contributed by atoms with van der Waals surface area (Å²) in [5.74, 6) is -0.347. The molecular weight excluding hydrogens is 371 g/mol. The molecule has 0 saturated carbocycles. The molecule has 2 bridgehead atoms. The molecule has 2 atom stereocenters. The molecule has 1 aromatic rings. The van der Waals surface area contributed by atoms with E-state index in [1.54, 1.807) is 4.90 Å². The summed E-state index contributed by atoms with van der Waals surface area (Å²) in [6, 6.07) is 9.31. The lowest BCUT2D eigenvalue weighted by Gasteiger charge is -2.47. The molecule has 2 aliphatic heterocycles. The lowest BCUT2D eigenvalue weighted by molar-refractivity contribution is -0.138. The van der Waals surface area contributed by atoms with Gasteiger partial charge < -0.3 is 9.64 Å². The zero-order valence-corrected chi connectivity index (χ0v) is 15.8. The van der Waals surface area contributed by atoms with Crippen LogP contribution < -0.4 is 0 Å². The highest BCUT2D eigenvalue weighted by molar-refractivity contribution is 5.81. The Morgan fingerprint density at radius 3 is 2.32 bits per heavy atom. The Bertz CT molecular complexity index is 663. The first-order valence-electron chi connectivity index (χ1n) is 9.92. The molecule has 0 spiro atoms. The van der Waals surface area contributed by atoms with Crippen LogP contribution in [0.3, 0.4) is 0 Å². The lowest BCUT2D eigenvalue weighted by atomic mass is 9.76. The SMILES string of the molecule is O=C(CCCC(F)(F)F)C1CC2CCCC(C1)N2C(=O)OCc1ccccc1. The second-order valence-corrected chi connectivity index (χ2v) is 7.79. The number of fused-ring (bicyclic) bond motifs is 2. The predicted octanol–water partition coefficient (Wildman–Crippen LogP) is 5.26. The van der Waals surface area contributed by atoms with Crippen molar-refractivity contribution in [3.63, 3.8) is 0 Å². The molecule has 2 saturated heterocycles. The molecule has 3 rings (SSSR count). The maximum atomic E-state index is 12.6. The number of hydrogen-bond acceptors (Lipinski definition) is 3. The summed E-state index contributed by atoms with van der Waals surface area (Å²) in [4.78, 5) is 26.8. The van der Waals surface area contributed by atoms with Gasteiger partial charge in [0.2, 0.25) is 0 Å². The lowest BCUT2D eigenvalue weighted by Crippen LogP contribution is -2.55. The first-order valence-corrected chi connectivity index (χ1v) is 9.92. The fraction of sp³-hybridized carbons (Fsp3) is 0.619. The van der Waals surface area contributed by atoms with Crippen molar-refractivity contribution >= 4 is 11.9 Å². The Balaban J connectivity index is 1.54. The van der Waals surface area contributed by atoms with Gasteiger partial charge in [0.05, 0.1) is 0 Å². The van der Waals surface area contributed by atoms with E-state index in [2.05, 4.69) is 0 Å². The summed E-state index contributed by atoms with van der Waals surface area (Å²) in [7, 11) is 0. The van der Waals surface area contributed by atoms with Gasteiger partial charge >= 0.3 is 12.3 Å². The minimum atomic E-state index is -4.22. The fourth-order valence-corrected chi connectivity index (χ4v) is 4.40. The molecule has 0 radical (unpaired) electrons. The minimum Gasteiger partial charge on any atom is -0.445 e. The minimum absolute atomic E-state index is 0.0396. The van der Waals surface area contributed by atoms with Crippen molar-refractivity contribution in [3.05, 3.63) is 35.9 Å². The van der Waals surface area contributed by atoms with E-state index in [-0.39, 0.29) is 49.3 Å². The third-order valence-corrected chi connectivity index (χ3v) is 5.73. The number of carbonyl (C=O) groups is 2. The van der Waals surface area contributed by atoms with Crippen LogP contribution in [0.2, 0.25) is 0 Å². The topological polar surface area (TPSA) is 46.6 Å². The van der Waals surface area contributed by atoms with Crippen LogP contribution in [0.1, 0.15) is 56.9 Å². The molecule has 154 valence electrons. The molecule has 28 heavy (non-hydrogen) atoms. The van der Waals surface area contributed by atoms with E-state index in [4.69, 9.17) is 4.74 Å². The van der Waals surface area contributed by atoms with Crippen LogP contribution in [0.25, 0.3) is 0 Å². The molecule has 0 aliphatic carbocycles. The Morgan fingerprint density at radius 2 is 1.71 bits per heavy atom. The van der Waals surface area contributed by atoms with Gasteiger partial charge in [0, 0.05) is 30.8 Å². The van der Waals surface area contributed by atoms with Gasteiger partial charge in [0.15, 0.2) is 0 Å². The summed E-state index contributed by atoms with van der Waals surface area (Å²) in [5, 5.41) is 0. The van der Waals surface area contributed by atoms with Crippen LogP contribution in [0.4, 0.5) is 18.0 Å². The number of benzene rings is 1. The van der Waals surface area contributed by atoms with Crippen molar-refractivity contribution in [2.45, 2.75) is 76.2 Å². The van der Waals surface area contributed by atoms with Crippen LogP contribution in [0, 0.1) is 5.92 Å². The molecule has 0 aromatic heterocycles. The largest absolute Gasteiger partial charge is 0.445 e. The highest BCUT2D eigenvalue weighted by Crippen LogP contribution is 2.38. The summed E-state index contributed by atoms with van der Waals surface area (Å²) in [6.07, 6.45) is -2.03. The quantitative estimate of drug-likeness (QED) is 0.658. The first kappa shape index (κ1) is 20.7. The number of ketones is 1. The monoisotopic (exact) mass is 397 g/mol. The third kappa shape index (κ3) is 5.49. The van der Waals surface area contributed by atoms with E-state index < -0.39 is 12.6 Å². The van der Waals surface area contributed by atoms with E-state index in [0.717, 1.165) is 24.8 Å². The van der Waals surface area contributed by atoms with E-state index >= 15 is 0 Å². The van der Waals surface area contributed by atoms with Crippen molar-refractivity contribution in [1.82, 2.24) is 4.90 Å². The van der Waals surface area contributed by atoms with Gasteiger partial charge in [-0.15, -0.1) is 0 Å². The van der Waals surface area contributed by atoms with Crippen LogP contribution in [0.5, 0.6) is 0 Å². The second kappa shape index (κ2) is 8.97. The Kier molecular flexibility index (Phi) is 6.62. The summed E-state index contributed by atoms with van der Waals surface area (Å²) in [6.45, 7) is 0.204. The van der Waals surface area contributed by atoms with Crippen molar-refractivity contribution in [2.24, 2.45) is 5.92 Å². The van der Waals surface area contributed by atoms with Gasteiger partial charge in [-0.2, -0.15) is 13.2 Å². The molecule has 2 unspecified atom stereocenters. The molecule has 4 nitrogen and oxygen atoms in total. The van der Waals surface area contributed by atoms with Gasteiger partial charge in [-0.3, -0.25) is 4.79 Å². The molecule has 1 amide bonds. The van der Waals surface area contributed by atoms with Crippen molar-refractivity contribution < 1.29 is 27.5 Å². The number of rotatable bonds is 6. The van der Waals surface area contributed by atoms with Crippen LogP contribution >= 0.6 is 0 Å². The second-order valence-electron chi connectivity index (χ2n) is 7.79. The van der Waals surface area contributed by atoms with Gasteiger partial charge in [0.25, 0.3) is 0 Å². The number of alkyl halides is 3. The Labute approximate surface area is 163 Å². The molecule has 1 aromatic carbocycles. The Hall–Kier alpha value is -2.05. The van der Waals surface area contributed by atoms with Crippen LogP contribution in [-0.2, 0) is 16.1 Å². The van der Waals surface area contributed by atoms with Crippen molar-refractivity contribution in [1.29, 1.82) is 0 Å². The van der Waals surface area contributed by atoms with Gasteiger partial charge in [-0.1, -0.05) is 30.3 Å². The zero-order valence-electron chi connectivity index (χ0n) is 15.8. The molecule has 7 heteroatoms. The molecule has 2 heterocycles. The summed E-state index contributed by atoms with van der Waals surface area (Å²) >= 11 is 0. The van der Waals surface area contributed by atoms with E-state index in [1.165, 1.54) is 0 Å². The van der Waals surface area contributed by atoms with Gasteiger partial charge in [0.1, 0.15) is 12.4 Å². The van der Waals surface area contributed by atoms with Gasteiger partial charge in [-0.25, -0.2) is 4.79 Å². The number of nitrogens with zero attached hydrogens (tertiary/aromatic N) is 1. The number of hydrogen-bond donors (Lipinski definition) is 0. The maximum absolute atomic E-state index is 12.6. The normalized spacial score (nSPS) is 24.7. The predicted molar refractivity (Wildman–Crippen MR) is 97.5 cm³/mol. The Morgan fingerprint density at radius 1 is 1.07 bits per heavy atom. The van der Waals surface area contributed by atoms with Crippen molar-refractivity contribution in [3.8, 4) is 0 Å². The number of Topliss-reactive ketones (excluding diaryl/α,β-unsaturated/α-hetero) is 1. The van der Waals surface area contributed by atoms with E-state index in [9.17, 15) is 22.8 Å². The van der Waals surface area contributed by atoms with Crippen LogP contribution in [-0.4, -0.2) is 35.0 Å². The standard InChI is InChI=1S/C21H26F3NO3/c22-21(23,24)11-5-10-19(26)16-12-17-8-4-9-18(13-16)25(17)20(27)28-14-15-6-2-1-3-7-15/h1-3,6-7,16-18H,4-5,8-14H2.